The molecule has 2 amide bonds. The van der Waals surface area contributed by atoms with E-state index < -0.39 is 0 Å². The number of halogens is 1. The summed E-state index contributed by atoms with van der Waals surface area (Å²) in [6, 6.07) is 7.40. The lowest BCUT2D eigenvalue weighted by Crippen LogP contribution is -2.31. The summed E-state index contributed by atoms with van der Waals surface area (Å²) in [5.74, 6) is -0.0314. The van der Waals surface area contributed by atoms with Gasteiger partial charge in [0.05, 0.1) is 11.8 Å². The Hall–Kier alpha value is -1.55. The third-order valence-corrected chi connectivity index (χ3v) is 3.93. The highest BCUT2D eigenvalue weighted by Gasteiger charge is 2.47. The molecule has 21 heavy (non-hydrogen) atoms. The van der Waals surface area contributed by atoms with Crippen LogP contribution in [0.25, 0.3) is 0 Å². The zero-order chi connectivity index (χ0) is 15.4. The second-order valence-corrected chi connectivity index (χ2v) is 6.30. The highest BCUT2D eigenvalue weighted by atomic mass is 35.5. The van der Waals surface area contributed by atoms with E-state index in [0.717, 1.165) is 5.56 Å². The molecule has 0 aliphatic heterocycles. The highest BCUT2D eigenvalue weighted by molar-refractivity contribution is 6.31. The largest absolute Gasteiger partial charge is 0.356 e. The van der Waals surface area contributed by atoms with E-state index in [4.69, 9.17) is 11.6 Å². The van der Waals surface area contributed by atoms with Crippen molar-refractivity contribution in [3.05, 3.63) is 34.9 Å². The highest BCUT2D eigenvalue weighted by Crippen LogP contribution is 2.38. The smallest absolute Gasteiger partial charge is 0.224 e. The van der Waals surface area contributed by atoms with Crippen LogP contribution in [0.3, 0.4) is 0 Å². The van der Waals surface area contributed by atoms with Crippen LogP contribution < -0.4 is 10.6 Å². The fourth-order valence-electron chi connectivity index (χ4n) is 2.17. The zero-order valence-electron chi connectivity index (χ0n) is 12.4. The van der Waals surface area contributed by atoms with E-state index in [1.165, 1.54) is 0 Å². The van der Waals surface area contributed by atoms with Gasteiger partial charge in [-0.2, -0.15) is 0 Å². The molecule has 2 N–H and O–H groups in total. The van der Waals surface area contributed by atoms with Gasteiger partial charge in [0.25, 0.3) is 0 Å². The predicted molar refractivity (Wildman–Crippen MR) is 82.7 cm³/mol. The lowest BCUT2D eigenvalue weighted by molar-refractivity contribution is -0.127. The average molecular weight is 309 g/mol. The lowest BCUT2D eigenvalue weighted by Gasteiger charge is -2.08. The molecule has 2 rings (SSSR count). The van der Waals surface area contributed by atoms with Crippen molar-refractivity contribution in [2.75, 3.05) is 6.54 Å². The summed E-state index contributed by atoms with van der Waals surface area (Å²) in [5, 5.41) is 6.36. The third-order valence-electron chi connectivity index (χ3n) is 3.56. The molecular formula is C16H21ClN2O2. The standard InChI is InChI=1S/C16H21ClN2O2/c1-10(2)8-18-15(20)12-7-13(12)16(21)19-9-11-5-3-4-6-14(11)17/h3-6,10,12-13H,7-9H2,1-2H3,(H,18,20)(H,19,21). The van der Waals surface area contributed by atoms with Gasteiger partial charge in [-0.15, -0.1) is 0 Å². The second kappa shape index (κ2) is 6.94. The molecule has 2 atom stereocenters. The van der Waals surface area contributed by atoms with Gasteiger partial charge in [0.1, 0.15) is 0 Å². The van der Waals surface area contributed by atoms with Crippen LogP contribution in [0.15, 0.2) is 24.3 Å². The summed E-state index contributed by atoms with van der Waals surface area (Å²) in [6.07, 6.45) is 0.637. The van der Waals surface area contributed by atoms with E-state index in [2.05, 4.69) is 10.6 Å². The van der Waals surface area contributed by atoms with Gasteiger partial charge in [0.15, 0.2) is 0 Å². The number of amides is 2. The van der Waals surface area contributed by atoms with Crippen LogP contribution in [-0.4, -0.2) is 18.4 Å². The van der Waals surface area contributed by atoms with Crippen LogP contribution in [0.5, 0.6) is 0 Å². The third kappa shape index (κ3) is 4.46. The maximum Gasteiger partial charge on any atom is 0.224 e. The molecule has 1 saturated carbocycles. The SMILES string of the molecule is CC(C)CNC(=O)C1CC1C(=O)NCc1ccccc1Cl. The minimum Gasteiger partial charge on any atom is -0.356 e. The fourth-order valence-corrected chi connectivity index (χ4v) is 2.37. The molecule has 0 aromatic heterocycles. The van der Waals surface area contributed by atoms with Crippen molar-refractivity contribution in [1.82, 2.24) is 10.6 Å². The topological polar surface area (TPSA) is 58.2 Å². The van der Waals surface area contributed by atoms with Gasteiger partial charge in [0.2, 0.25) is 11.8 Å². The Morgan fingerprint density at radius 2 is 1.81 bits per heavy atom. The number of rotatable bonds is 6. The van der Waals surface area contributed by atoms with Gasteiger partial charge in [-0.25, -0.2) is 0 Å². The number of nitrogens with one attached hydrogen (secondary N) is 2. The fraction of sp³-hybridized carbons (Fsp3) is 0.500. The molecule has 0 heterocycles. The van der Waals surface area contributed by atoms with Crippen molar-refractivity contribution in [3.8, 4) is 0 Å². The normalized spacial score (nSPS) is 20.2. The molecule has 0 bridgehead atoms. The Morgan fingerprint density at radius 1 is 1.19 bits per heavy atom. The van der Waals surface area contributed by atoms with E-state index in [1.807, 2.05) is 32.0 Å². The van der Waals surface area contributed by atoms with Gasteiger partial charge < -0.3 is 10.6 Å². The average Bonchev–Trinajstić information content (AvgIpc) is 3.24. The van der Waals surface area contributed by atoms with Gasteiger partial charge in [-0.05, 0) is 24.0 Å². The van der Waals surface area contributed by atoms with Gasteiger partial charge in [-0.3, -0.25) is 9.59 Å². The summed E-state index contributed by atoms with van der Waals surface area (Å²) in [4.78, 5) is 23.8. The van der Waals surface area contributed by atoms with Crippen LogP contribution in [0, 0.1) is 17.8 Å². The Balaban J connectivity index is 1.76. The quantitative estimate of drug-likeness (QED) is 0.847. The Bertz CT molecular complexity index is 531. The molecule has 1 aliphatic carbocycles. The van der Waals surface area contributed by atoms with Crippen LogP contribution >= 0.6 is 11.6 Å². The van der Waals surface area contributed by atoms with Crippen molar-refractivity contribution in [3.63, 3.8) is 0 Å². The first-order chi connectivity index (χ1) is 9.99. The molecule has 0 saturated heterocycles. The molecule has 1 aromatic carbocycles. The molecule has 4 nitrogen and oxygen atoms in total. The number of carbonyl (C=O) groups is 2. The van der Waals surface area contributed by atoms with Crippen molar-refractivity contribution in [1.29, 1.82) is 0 Å². The molecular weight excluding hydrogens is 288 g/mol. The van der Waals surface area contributed by atoms with Gasteiger partial charge in [-0.1, -0.05) is 43.6 Å². The Morgan fingerprint density at radius 3 is 2.43 bits per heavy atom. The first-order valence-electron chi connectivity index (χ1n) is 7.28. The second-order valence-electron chi connectivity index (χ2n) is 5.90. The van der Waals surface area contributed by atoms with Gasteiger partial charge in [0, 0.05) is 18.1 Å². The van der Waals surface area contributed by atoms with Crippen molar-refractivity contribution in [2.45, 2.75) is 26.8 Å². The molecule has 1 aromatic rings. The molecule has 0 spiro atoms. The summed E-state index contributed by atoms with van der Waals surface area (Å²) in [7, 11) is 0. The summed E-state index contributed by atoms with van der Waals surface area (Å²) < 4.78 is 0. The maximum atomic E-state index is 12.0. The monoisotopic (exact) mass is 308 g/mol. The van der Waals surface area contributed by atoms with E-state index in [0.29, 0.717) is 30.5 Å². The zero-order valence-corrected chi connectivity index (χ0v) is 13.1. The number of hydrogen-bond acceptors (Lipinski definition) is 2. The molecule has 0 radical (unpaired) electrons. The predicted octanol–water partition coefficient (Wildman–Crippen LogP) is 2.36. The summed E-state index contributed by atoms with van der Waals surface area (Å²) in [6.45, 7) is 5.14. The minimum atomic E-state index is -0.195. The van der Waals surface area contributed by atoms with Crippen molar-refractivity contribution < 1.29 is 9.59 Å². The van der Waals surface area contributed by atoms with Gasteiger partial charge >= 0.3 is 0 Å². The first kappa shape index (κ1) is 15.8. The first-order valence-corrected chi connectivity index (χ1v) is 7.65. The van der Waals surface area contributed by atoms with Crippen LogP contribution in [0.1, 0.15) is 25.8 Å². The molecule has 114 valence electrons. The van der Waals surface area contributed by atoms with Crippen LogP contribution in [0.2, 0.25) is 5.02 Å². The summed E-state index contributed by atoms with van der Waals surface area (Å²) in [5.41, 5.74) is 0.883. The number of benzene rings is 1. The maximum absolute atomic E-state index is 12.0. The molecule has 2 unspecified atom stereocenters. The van der Waals surface area contributed by atoms with E-state index in [1.54, 1.807) is 6.07 Å². The number of hydrogen-bond donors (Lipinski definition) is 2. The molecule has 1 fully saturated rings. The van der Waals surface area contributed by atoms with E-state index in [-0.39, 0.29) is 23.7 Å². The van der Waals surface area contributed by atoms with Crippen molar-refractivity contribution >= 4 is 23.4 Å². The molecule has 5 heteroatoms. The van der Waals surface area contributed by atoms with Crippen molar-refractivity contribution in [2.24, 2.45) is 17.8 Å². The Kier molecular flexibility index (Phi) is 5.23. The van der Waals surface area contributed by atoms with E-state index in [9.17, 15) is 9.59 Å². The van der Waals surface area contributed by atoms with Crippen LogP contribution in [0.4, 0.5) is 0 Å². The Labute approximate surface area is 130 Å². The minimum absolute atomic E-state index is 0.0124. The number of carbonyl (C=O) groups excluding carboxylic acids is 2. The van der Waals surface area contributed by atoms with Crippen LogP contribution in [-0.2, 0) is 16.1 Å². The molecule has 1 aliphatic rings. The van der Waals surface area contributed by atoms with E-state index >= 15 is 0 Å². The summed E-state index contributed by atoms with van der Waals surface area (Å²) >= 11 is 6.04. The lowest BCUT2D eigenvalue weighted by atomic mass is 10.2.